The summed E-state index contributed by atoms with van der Waals surface area (Å²) in [5, 5.41) is 14.3. The van der Waals surface area contributed by atoms with Gasteiger partial charge in [-0.2, -0.15) is 10.1 Å². The van der Waals surface area contributed by atoms with E-state index in [-0.39, 0.29) is 28.8 Å². The second kappa shape index (κ2) is 8.04. The highest BCUT2D eigenvalue weighted by atomic mass is 35.5. The standard InChI is InChI=1S/C18H16Cl2N4O4/c1-3-23-11(8-24-18(28-2)21-9-22-24)7-14(25)15(17(26)27)16(23)10-4-5-12(19)13(20)6-10/h4-7,9H,3,8H2,1-2H3,(H,26,27). The van der Waals surface area contributed by atoms with Gasteiger partial charge < -0.3 is 14.4 Å². The number of carbonyl (C=O) groups is 1. The number of ether oxygens (including phenoxy) is 1. The maximum Gasteiger partial charge on any atom is 0.341 e. The van der Waals surface area contributed by atoms with Crippen LogP contribution in [-0.4, -0.2) is 37.5 Å². The minimum Gasteiger partial charge on any atom is -0.477 e. The van der Waals surface area contributed by atoms with Crippen molar-refractivity contribution in [3.63, 3.8) is 0 Å². The summed E-state index contributed by atoms with van der Waals surface area (Å²) in [4.78, 5) is 28.5. The topological polar surface area (TPSA) is 99.2 Å². The van der Waals surface area contributed by atoms with Crippen molar-refractivity contribution in [2.24, 2.45) is 0 Å². The van der Waals surface area contributed by atoms with Gasteiger partial charge >= 0.3 is 12.0 Å². The van der Waals surface area contributed by atoms with Crippen LogP contribution in [0.2, 0.25) is 10.0 Å². The molecule has 28 heavy (non-hydrogen) atoms. The molecule has 10 heteroatoms. The summed E-state index contributed by atoms with van der Waals surface area (Å²) in [5.74, 6) is -1.32. The number of hydrogen-bond acceptors (Lipinski definition) is 5. The number of halogens is 2. The molecule has 2 heterocycles. The zero-order valence-electron chi connectivity index (χ0n) is 15.0. The molecule has 0 amide bonds. The second-order valence-electron chi connectivity index (χ2n) is 5.81. The smallest absolute Gasteiger partial charge is 0.341 e. The summed E-state index contributed by atoms with van der Waals surface area (Å²) in [5.41, 5.74) is 0.303. The van der Waals surface area contributed by atoms with E-state index in [0.717, 1.165) is 0 Å². The molecular weight excluding hydrogens is 407 g/mol. The summed E-state index contributed by atoms with van der Waals surface area (Å²) >= 11 is 12.1. The number of carboxylic acid groups (broad SMARTS) is 1. The van der Waals surface area contributed by atoms with E-state index >= 15 is 0 Å². The molecule has 0 unspecified atom stereocenters. The average Bonchev–Trinajstić information content (AvgIpc) is 3.10. The molecule has 0 bridgehead atoms. The quantitative estimate of drug-likeness (QED) is 0.654. The van der Waals surface area contributed by atoms with Crippen LogP contribution in [0.5, 0.6) is 6.01 Å². The summed E-state index contributed by atoms with van der Waals surface area (Å²) < 4.78 is 8.34. The van der Waals surface area contributed by atoms with Gasteiger partial charge in [-0.25, -0.2) is 9.48 Å². The van der Waals surface area contributed by atoms with Crippen LogP contribution in [0.4, 0.5) is 0 Å². The van der Waals surface area contributed by atoms with Crippen LogP contribution in [0, 0.1) is 0 Å². The van der Waals surface area contributed by atoms with Gasteiger partial charge in [0, 0.05) is 23.9 Å². The van der Waals surface area contributed by atoms with Crippen LogP contribution in [0.15, 0.2) is 35.4 Å². The number of benzene rings is 1. The predicted molar refractivity (Wildman–Crippen MR) is 104 cm³/mol. The number of methoxy groups -OCH3 is 1. The van der Waals surface area contributed by atoms with E-state index in [4.69, 9.17) is 27.9 Å². The van der Waals surface area contributed by atoms with Gasteiger partial charge in [0.15, 0.2) is 5.43 Å². The molecule has 0 aliphatic heterocycles. The van der Waals surface area contributed by atoms with E-state index in [9.17, 15) is 14.7 Å². The Labute approximate surface area is 169 Å². The van der Waals surface area contributed by atoms with Crippen LogP contribution in [0.25, 0.3) is 11.3 Å². The number of hydrogen-bond donors (Lipinski definition) is 1. The van der Waals surface area contributed by atoms with E-state index in [1.165, 1.54) is 30.3 Å². The third-order valence-electron chi connectivity index (χ3n) is 4.20. The van der Waals surface area contributed by atoms with Crippen molar-refractivity contribution in [1.29, 1.82) is 0 Å². The molecule has 0 radical (unpaired) electrons. The zero-order valence-corrected chi connectivity index (χ0v) is 16.5. The zero-order chi connectivity index (χ0) is 20.4. The first-order valence-corrected chi connectivity index (χ1v) is 9.00. The summed E-state index contributed by atoms with van der Waals surface area (Å²) in [6, 6.07) is 6.28. The van der Waals surface area contributed by atoms with Crippen LogP contribution in [-0.2, 0) is 13.1 Å². The lowest BCUT2D eigenvalue weighted by molar-refractivity contribution is 0.0695. The lowest BCUT2D eigenvalue weighted by atomic mass is 10.0. The lowest BCUT2D eigenvalue weighted by Crippen LogP contribution is -2.24. The molecule has 0 saturated heterocycles. The van der Waals surface area contributed by atoms with Crippen LogP contribution in [0.3, 0.4) is 0 Å². The van der Waals surface area contributed by atoms with E-state index in [0.29, 0.717) is 22.8 Å². The first-order chi connectivity index (χ1) is 13.4. The van der Waals surface area contributed by atoms with Gasteiger partial charge in [0.05, 0.1) is 29.4 Å². The monoisotopic (exact) mass is 422 g/mol. The average molecular weight is 423 g/mol. The molecule has 2 aromatic heterocycles. The Bertz CT molecular complexity index is 1110. The number of aromatic carboxylic acids is 1. The van der Waals surface area contributed by atoms with Crippen molar-refractivity contribution in [2.75, 3.05) is 7.11 Å². The van der Waals surface area contributed by atoms with Crippen molar-refractivity contribution in [3.05, 3.63) is 62.1 Å². The fourth-order valence-corrected chi connectivity index (χ4v) is 3.31. The lowest BCUT2D eigenvalue weighted by Gasteiger charge is -2.20. The molecular formula is C18H16Cl2N4O4. The van der Waals surface area contributed by atoms with Crippen molar-refractivity contribution in [2.45, 2.75) is 20.0 Å². The molecule has 3 rings (SSSR count). The molecule has 1 aromatic carbocycles. The minimum atomic E-state index is -1.32. The van der Waals surface area contributed by atoms with Crippen molar-refractivity contribution in [1.82, 2.24) is 19.3 Å². The number of rotatable bonds is 6. The van der Waals surface area contributed by atoms with E-state index in [2.05, 4.69) is 10.1 Å². The third kappa shape index (κ3) is 3.61. The normalized spacial score (nSPS) is 10.9. The summed E-state index contributed by atoms with van der Waals surface area (Å²) in [7, 11) is 1.46. The predicted octanol–water partition coefficient (Wildman–Crippen LogP) is 3.19. The summed E-state index contributed by atoms with van der Waals surface area (Å²) in [6.07, 6.45) is 1.33. The Morgan fingerprint density at radius 2 is 2.00 bits per heavy atom. The summed E-state index contributed by atoms with van der Waals surface area (Å²) in [6.45, 7) is 2.42. The van der Waals surface area contributed by atoms with Gasteiger partial charge in [-0.15, -0.1) is 0 Å². The highest BCUT2D eigenvalue weighted by Crippen LogP contribution is 2.30. The molecule has 0 atom stereocenters. The van der Waals surface area contributed by atoms with Crippen LogP contribution < -0.4 is 10.2 Å². The van der Waals surface area contributed by atoms with Crippen LogP contribution in [0.1, 0.15) is 23.0 Å². The third-order valence-corrected chi connectivity index (χ3v) is 4.93. The molecule has 1 N–H and O–H groups in total. The second-order valence-corrected chi connectivity index (χ2v) is 6.62. The maximum absolute atomic E-state index is 12.6. The Morgan fingerprint density at radius 1 is 1.25 bits per heavy atom. The van der Waals surface area contributed by atoms with Crippen molar-refractivity contribution in [3.8, 4) is 17.3 Å². The van der Waals surface area contributed by atoms with Gasteiger partial charge in [-0.05, 0) is 19.1 Å². The first-order valence-electron chi connectivity index (χ1n) is 8.24. The molecule has 0 aliphatic rings. The first kappa shape index (κ1) is 19.9. The number of nitrogens with zero attached hydrogens (tertiary/aromatic N) is 4. The largest absolute Gasteiger partial charge is 0.477 e. The van der Waals surface area contributed by atoms with Gasteiger partial charge in [0.2, 0.25) is 0 Å². The molecule has 3 aromatic rings. The SMILES string of the molecule is CCn1c(Cn2ncnc2OC)cc(=O)c(C(=O)O)c1-c1ccc(Cl)c(Cl)c1. The van der Waals surface area contributed by atoms with Gasteiger partial charge in [0.1, 0.15) is 11.9 Å². The van der Waals surface area contributed by atoms with Crippen molar-refractivity contribution >= 4 is 29.2 Å². The van der Waals surface area contributed by atoms with Crippen molar-refractivity contribution < 1.29 is 14.6 Å². The molecule has 0 fully saturated rings. The van der Waals surface area contributed by atoms with Gasteiger partial charge in [-0.1, -0.05) is 29.3 Å². The maximum atomic E-state index is 12.6. The Hall–Kier alpha value is -2.84. The highest BCUT2D eigenvalue weighted by molar-refractivity contribution is 6.42. The Kier molecular flexibility index (Phi) is 5.71. The number of pyridine rings is 1. The van der Waals surface area contributed by atoms with Gasteiger partial charge in [0.25, 0.3) is 0 Å². The molecule has 8 nitrogen and oxygen atoms in total. The van der Waals surface area contributed by atoms with E-state index in [1.807, 2.05) is 6.92 Å². The fraction of sp³-hybridized carbons (Fsp3) is 0.222. The highest BCUT2D eigenvalue weighted by Gasteiger charge is 2.23. The minimum absolute atomic E-state index is 0.167. The number of carboxylic acids is 1. The Morgan fingerprint density at radius 3 is 2.61 bits per heavy atom. The Balaban J connectivity index is 2.29. The number of aromatic nitrogens is 4. The molecule has 0 spiro atoms. The van der Waals surface area contributed by atoms with Crippen LogP contribution >= 0.6 is 23.2 Å². The van der Waals surface area contributed by atoms with E-state index in [1.54, 1.807) is 16.7 Å². The molecule has 0 aliphatic carbocycles. The van der Waals surface area contributed by atoms with Gasteiger partial charge in [-0.3, -0.25) is 4.79 Å². The fourth-order valence-electron chi connectivity index (χ4n) is 3.01. The molecule has 146 valence electrons. The van der Waals surface area contributed by atoms with E-state index < -0.39 is 11.4 Å². The molecule has 0 saturated carbocycles.